The minimum atomic E-state index is -0.514. The smallest absolute Gasteiger partial charge is 0.269 e. The molecule has 0 aliphatic heterocycles. The van der Waals surface area contributed by atoms with Crippen LogP contribution in [0.5, 0.6) is 0 Å². The van der Waals surface area contributed by atoms with E-state index in [1.54, 1.807) is 13.0 Å². The van der Waals surface area contributed by atoms with Gasteiger partial charge < -0.3 is 9.90 Å². The molecule has 0 aromatic rings. The Bertz CT molecular complexity index is 286. The van der Waals surface area contributed by atoms with Gasteiger partial charge >= 0.3 is 0 Å². The molecule has 1 N–H and O–H groups in total. The molecule has 0 saturated carbocycles. The van der Waals surface area contributed by atoms with Gasteiger partial charge in [0.05, 0.1) is 10.7 Å². The largest absolute Gasteiger partial charge is 0.513 e. The number of hydrogen-bond donors (Lipinski definition) is 1. The van der Waals surface area contributed by atoms with E-state index in [2.05, 4.69) is 0 Å². The number of aldehydes is 1. The molecule has 0 aromatic carbocycles. The highest BCUT2D eigenvalue weighted by Gasteiger charge is 2.02. The van der Waals surface area contributed by atoms with Gasteiger partial charge in [-0.1, -0.05) is 6.08 Å². The van der Waals surface area contributed by atoms with Crippen molar-refractivity contribution in [3.8, 4) is 0 Å². The fourth-order valence-corrected chi connectivity index (χ4v) is 0.554. The Balaban J connectivity index is 0. The number of aliphatic hydroxyl groups excluding tert-OH is 1. The van der Waals surface area contributed by atoms with E-state index in [-0.39, 0.29) is 11.5 Å². The second-order valence-corrected chi connectivity index (χ2v) is 2.39. The summed E-state index contributed by atoms with van der Waals surface area (Å²) < 4.78 is 0. The van der Waals surface area contributed by atoms with E-state index in [1.807, 2.05) is 0 Å². The number of nitrogens with zero attached hydrogens (tertiary/aromatic N) is 1. The molecule has 15 heavy (non-hydrogen) atoms. The molecule has 0 aliphatic rings. The van der Waals surface area contributed by atoms with Gasteiger partial charge in [0.2, 0.25) is 0 Å². The minimum absolute atomic E-state index is 0.0406. The maximum atomic E-state index is 10.3. The highest BCUT2D eigenvalue weighted by molar-refractivity contribution is 5.44. The predicted octanol–water partition coefficient (Wildman–Crippen LogP) is 2.39. The number of hydrogen-bond acceptors (Lipinski definition) is 4. The Morgan fingerprint density at radius 2 is 1.80 bits per heavy atom. The van der Waals surface area contributed by atoms with Crippen LogP contribution in [0, 0.1) is 10.1 Å². The number of aliphatic hydroxyl groups is 1. The normalized spacial score (nSPS) is 11.9. The molecule has 0 unspecified atom stereocenters. The highest BCUT2D eigenvalue weighted by atomic mass is 16.6. The van der Waals surface area contributed by atoms with Gasteiger partial charge in [0.1, 0.15) is 6.29 Å². The second kappa shape index (κ2) is 10.2. The van der Waals surface area contributed by atoms with Crippen LogP contribution >= 0.6 is 0 Å². The molecule has 0 fully saturated rings. The number of carbonyl (C=O) groups is 1. The van der Waals surface area contributed by atoms with E-state index in [9.17, 15) is 10.1 Å². The van der Waals surface area contributed by atoms with E-state index < -0.39 is 4.92 Å². The van der Waals surface area contributed by atoms with Crippen LogP contribution in [0.2, 0.25) is 0 Å². The lowest BCUT2D eigenvalue weighted by atomic mass is 10.3. The summed E-state index contributed by atoms with van der Waals surface area (Å²) in [4.78, 5) is 18.6. The van der Waals surface area contributed by atoms with Gasteiger partial charge in [0.25, 0.3) is 5.70 Å². The molecule has 0 aromatic heterocycles. The fraction of sp³-hybridized carbons (Fsp3) is 0.300. The van der Waals surface area contributed by atoms with Crippen molar-refractivity contribution in [2.45, 2.75) is 20.8 Å². The van der Waals surface area contributed by atoms with Gasteiger partial charge in [-0.2, -0.15) is 0 Å². The molecule has 0 amide bonds. The SMILES string of the molecule is CC=O.C\C=C/C(=C\C=C(/C)O)[N+](=O)[O-]. The first-order valence-corrected chi connectivity index (χ1v) is 4.24. The molecule has 0 spiro atoms. The number of rotatable bonds is 3. The lowest BCUT2D eigenvalue weighted by Crippen LogP contribution is -1.94. The minimum Gasteiger partial charge on any atom is -0.513 e. The highest BCUT2D eigenvalue weighted by Crippen LogP contribution is 1.99. The number of nitro groups is 1. The zero-order chi connectivity index (χ0) is 12.3. The van der Waals surface area contributed by atoms with Crippen LogP contribution in [0.25, 0.3) is 0 Å². The summed E-state index contributed by atoms with van der Waals surface area (Å²) in [6.45, 7) is 4.58. The van der Waals surface area contributed by atoms with Crippen molar-refractivity contribution in [2.24, 2.45) is 0 Å². The summed E-state index contributed by atoms with van der Waals surface area (Å²) in [6, 6.07) is 0. The summed E-state index contributed by atoms with van der Waals surface area (Å²) >= 11 is 0. The second-order valence-electron chi connectivity index (χ2n) is 2.39. The third kappa shape index (κ3) is 12.1. The van der Waals surface area contributed by atoms with Crippen LogP contribution in [-0.4, -0.2) is 16.3 Å². The fourth-order valence-electron chi connectivity index (χ4n) is 0.554. The molecule has 0 saturated heterocycles. The van der Waals surface area contributed by atoms with Crippen molar-refractivity contribution < 1.29 is 14.8 Å². The van der Waals surface area contributed by atoms with Crippen molar-refractivity contribution in [1.29, 1.82) is 0 Å². The van der Waals surface area contributed by atoms with E-state index in [1.165, 1.54) is 32.1 Å². The lowest BCUT2D eigenvalue weighted by molar-refractivity contribution is -0.419. The van der Waals surface area contributed by atoms with Crippen LogP contribution in [0.1, 0.15) is 20.8 Å². The van der Waals surface area contributed by atoms with E-state index >= 15 is 0 Å². The van der Waals surface area contributed by atoms with Gasteiger partial charge in [0.15, 0.2) is 0 Å². The maximum Gasteiger partial charge on any atom is 0.269 e. The summed E-state index contributed by atoms with van der Waals surface area (Å²) in [5.41, 5.74) is -0.0501. The molecule has 0 aliphatic carbocycles. The van der Waals surface area contributed by atoms with E-state index in [4.69, 9.17) is 9.90 Å². The molecule has 0 atom stereocenters. The maximum absolute atomic E-state index is 10.3. The van der Waals surface area contributed by atoms with E-state index in [0.29, 0.717) is 0 Å². The average molecular weight is 213 g/mol. The van der Waals surface area contributed by atoms with Gasteiger partial charge in [-0.05, 0) is 26.8 Å². The first kappa shape index (κ1) is 15.6. The summed E-state index contributed by atoms with van der Waals surface area (Å²) in [5, 5.41) is 19.0. The summed E-state index contributed by atoms with van der Waals surface area (Å²) in [7, 11) is 0. The van der Waals surface area contributed by atoms with Crippen LogP contribution in [0.15, 0.2) is 35.8 Å². The first-order valence-electron chi connectivity index (χ1n) is 4.24. The Kier molecular flexibility index (Phi) is 10.6. The molecule has 0 radical (unpaired) electrons. The quantitative estimate of drug-likeness (QED) is 0.256. The van der Waals surface area contributed by atoms with Gasteiger partial charge in [-0.15, -0.1) is 0 Å². The lowest BCUT2D eigenvalue weighted by Gasteiger charge is -1.88. The van der Waals surface area contributed by atoms with Crippen molar-refractivity contribution in [1.82, 2.24) is 0 Å². The third-order valence-corrected chi connectivity index (χ3v) is 1.04. The molecule has 84 valence electrons. The molecule has 0 rings (SSSR count). The zero-order valence-corrected chi connectivity index (χ0v) is 9.01. The van der Waals surface area contributed by atoms with Crippen molar-refractivity contribution >= 4 is 6.29 Å². The first-order chi connectivity index (χ1) is 6.99. The molecule has 0 heterocycles. The molecule has 0 bridgehead atoms. The molecular formula is C10H15NO4. The van der Waals surface area contributed by atoms with Crippen LogP contribution in [0.4, 0.5) is 0 Å². The molecular weight excluding hydrogens is 198 g/mol. The van der Waals surface area contributed by atoms with Gasteiger partial charge in [-0.25, -0.2) is 0 Å². The van der Waals surface area contributed by atoms with Crippen molar-refractivity contribution in [3.05, 3.63) is 45.9 Å². The Morgan fingerprint density at radius 3 is 2.07 bits per heavy atom. The third-order valence-electron chi connectivity index (χ3n) is 1.04. The Labute approximate surface area is 88.6 Å². The van der Waals surface area contributed by atoms with Crippen LogP contribution in [0.3, 0.4) is 0 Å². The number of carbonyl (C=O) groups excluding carboxylic acids is 1. The summed E-state index contributed by atoms with van der Waals surface area (Å²) in [6.07, 6.45) is 6.20. The van der Waals surface area contributed by atoms with Gasteiger partial charge in [-0.3, -0.25) is 10.1 Å². The average Bonchev–Trinajstić information content (AvgIpc) is 2.12. The zero-order valence-electron chi connectivity index (χ0n) is 9.01. The molecule has 5 heteroatoms. The monoisotopic (exact) mass is 213 g/mol. The topological polar surface area (TPSA) is 80.4 Å². The number of allylic oxidation sites excluding steroid dienone is 5. The summed E-state index contributed by atoms with van der Waals surface area (Å²) in [5.74, 6) is 0.0406. The molecule has 5 nitrogen and oxygen atoms in total. The van der Waals surface area contributed by atoms with Crippen molar-refractivity contribution in [2.75, 3.05) is 0 Å². The van der Waals surface area contributed by atoms with Crippen molar-refractivity contribution in [3.63, 3.8) is 0 Å². The van der Waals surface area contributed by atoms with E-state index in [0.717, 1.165) is 6.29 Å². The van der Waals surface area contributed by atoms with Gasteiger partial charge in [0, 0.05) is 12.2 Å². The Hall–Kier alpha value is -1.91. The van der Waals surface area contributed by atoms with Crippen LogP contribution in [-0.2, 0) is 4.79 Å². The Morgan fingerprint density at radius 1 is 1.33 bits per heavy atom. The standard InChI is InChI=1S/C8H11NO3.C2H4O/c1-3-4-8(9(11)12)6-5-7(2)10;1-2-3/h3-6,10H,1-2H3;2H,1H3/b4-3-,7-5+,8-6+;. The van der Waals surface area contributed by atoms with Crippen LogP contribution < -0.4 is 0 Å². The predicted molar refractivity (Wildman–Crippen MR) is 58.0 cm³/mol.